The van der Waals surface area contributed by atoms with Gasteiger partial charge in [0, 0.05) is 13.1 Å². The van der Waals surface area contributed by atoms with Crippen molar-refractivity contribution in [2.24, 2.45) is 4.99 Å². The van der Waals surface area contributed by atoms with Gasteiger partial charge in [0.1, 0.15) is 11.4 Å². The molecule has 0 spiro atoms. The number of amides is 1. The number of rotatable bonds is 4. The molecule has 5 heteroatoms. The molecular formula is C19H20N3O2+. The number of anilines is 1. The maximum absolute atomic E-state index is 12.8. The lowest BCUT2D eigenvalue weighted by Gasteiger charge is -2.10. The fourth-order valence-corrected chi connectivity index (χ4v) is 2.70. The summed E-state index contributed by atoms with van der Waals surface area (Å²) in [5, 5.41) is 1.66. The van der Waals surface area contributed by atoms with E-state index in [-0.39, 0.29) is 5.91 Å². The molecule has 3 rings (SSSR count). The van der Waals surface area contributed by atoms with E-state index >= 15 is 0 Å². The first kappa shape index (κ1) is 15.9. The number of para-hydroxylation sites is 1. The molecule has 5 nitrogen and oxygen atoms in total. The second-order valence-corrected chi connectivity index (χ2v) is 5.61. The number of hydrogen-bond acceptors (Lipinski definition) is 3. The van der Waals surface area contributed by atoms with Gasteiger partial charge in [-0.1, -0.05) is 35.3 Å². The predicted octanol–water partition coefficient (Wildman–Crippen LogP) is 2.55. The van der Waals surface area contributed by atoms with E-state index in [0.29, 0.717) is 0 Å². The second kappa shape index (κ2) is 6.66. The third-order valence-electron chi connectivity index (χ3n) is 4.12. The molecule has 1 amide bonds. The summed E-state index contributed by atoms with van der Waals surface area (Å²) in [5.74, 6) is 0.709. The van der Waals surface area contributed by atoms with Crippen molar-refractivity contribution in [3.05, 3.63) is 60.2 Å². The molecule has 0 aliphatic carbocycles. The second-order valence-electron chi connectivity index (χ2n) is 5.61. The lowest BCUT2D eigenvalue weighted by molar-refractivity contribution is -0.495. The molecule has 1 aliphatic rings. The Bertz CT molecular complexity index is 812. The molecule has 0 bridgehead atoms. The Labute approximate surface area is 141 Å². The number of ether oxygens (including phenoxy) is 1. The number of carbonyl (C=O) groups is 1. The summed E-state index contributed by atoms with van der Waals surface area (Å²) < 4.78 is 7.06. The van der Waals surface area contributed by atoms with Gasteiger partial charge in [0.25, 0.3) is 0 Å². The number of aliphatic imine (C=N–C) groups is 1. The fourth-order valence-electron chi connectivity index (χ4n) is 2.70. The molecule has 2 aromatic carbocycles. The topological polar surface area (TPSA) is 44.9 Å². The third kappa shape index (κ3) is 2.93. The number of hydrazone groups is 1. The predicted molar refractivity (Wildman–Crippen MR) is 95.2 cm³/mol. The van der Waals surface area contributed by atoms with Gasteiger partial charge < -0.3 is 4.74 Å². The molecule has 1 heterocycles. The third-order valence-corrected chi connectivity index (χ3v) is 4.12. The molecule has 24 heavy (non-hydrogen) atoms. The largest absolute Gasteiger partial charge is 0.497 e. The Kier molecular flexibility index (Phi) is 4.42. The van der Waals surface area contributed by atoms with E-state index in [9.17, 15) is 4.79 Å². The van der Waals surface area contributed by atoms with Gasteiger partial charge in [-0.3, -0.25) is 9.79 Å². The number of carbonyl (C=O) groups excluding carboxylic acids is 1. The van der Waals surface area contributed by atoms with Crippen LogP contribution in [0.5, 0.6) is 5.75 Å². The van der Waals surface area contributed by atoms with Crippen LogP contribution in [0.25, 0.3) is 0 Å². The van der Waals surface area contributed by atoms with E-state index in [0.717, 1.165) is 22.7 Å². The molecule has 0 unspecified atom stereocenters. The average molecular weight is 322 g/mol. The van der Waals surface area contributed by atoms with Gasteiger partial charge in [0.05, 0.1) is 7.11 Å². The van der Waals surface area contributed by atoms with Gasteiger partial charge in [0.2, 0.25) is 11.8 Å². The monoisotopic (exact) mass is 322 g/mol. The lowest BCUT2D eigenvalue weighted by atomic mass is 10.2. The SMILES string of the molecule is COc1cccc(C=N[C@@H]2C(=O)N(c3ccccc3)[N+](C)=C2C)c1. The number of hydrogen-bond donors (Lipinski definition) is 0. The average Bonchev–Trinajstić information content (AvgIpc) is 2.83. The summed E-state index contributed by atoms with van der Waals surface area (Å²) in [5.41, 5.74) is 2.63. The maximum Gasteiger partial charge on any atom is 0.318 e. The Morgan fingerprint density at radius 3 is 2.62 bits per heavy atom. The molecule has 0 saturated heterocycles. The van der Waals surface area contributed by atoms with Crippen LogP contribution >= 0.6 is 0 Å². The van der Waals surface area contributed by atoms with E-state index in [1.54, 1.807) is 18.3 Å². The highest BCUT2D eigenvalue weighted by atomic mass is 16.5. The van der Waals surface area contributed by atoms with Crippen LogP contribution in [0.4, 0.5) is 5.69 Å². The van der Waals surface area contributed by atoms with Crippen LogP contribution in [0.3, 0.4) is 0 Å². The molecule has 0 N–H and O–H groups in total. The van der Waals surface area contributed by atoms with Crippen molar-refractivity contribution in [3.8, 4) is 5.75 Å². The zero-order valence-electron chi connectivity index (χ0n) is 14.0. The van der Waals surface area contributed by atoms with E-state index in [4.69, 9.17) is 4.74 Å². The lowest BCUT2D eigenvalue weighted by Crippen LogP contribution is -2.35. The van der Waals surface area contributed by atoms with Crippen LogP contribution in [-0.4, -0.2) is 42.7 Å². The van der Waals surface area contributed by atoms with Crippen molar-refractivity contribution in [1.82, 2.24) is 0 Å². The van der Waals surface area contributed by atoms with E-state index in [1.807, 2.05) is 73.3 Å². The van der Waals surface area contributed by atoms with Gasteiger partial charge in [-0.25, -0.2) is 0 Å². The van der Waals surface area contributed by atoms with E-state index in [2.05, 4.69) is 4.99 Å². The Morgan fingerprint density at radius 1 is 1.17 bits per heavy atom. The van der Waals surface area contributed by atoms with Crippen LogP contribution in [0, 0.1) is 0 Å². The standard InChI is InChI=1S/C19H20N3O2/c1-14-18(20-13-15-8-7-11-17(12-15)24-3)19(23)22(21(14)2)16-9-5-4-6-10-16/h4-13,18H,1-3H3/q+1/t18-/m0/s1. The molecular weight excluding hydrogens is 302 g/mol. The minimum atomic E-state index is -0.513. The molecule has 122 valence electrons. The minimum absolute atomic E-state index is 0.0552. The molecule has 1 aliphatic heterocycles. The summed E-state index contributed by atoms with van der Waals surface area (Å²) in [4.78, 5) is 17.3. The molecule has 2 aromatic rings. The smallest absolute Gasteiger partial charge is 0.318 e. The van der Waals surface area contributed by atoms with Gasteiger partial charge in [0.15, 0.2) is 7.05 Å². The van der Waals surface area contributed by atoms with E-state index in [1.165, 1.54) is 0 Å². The van der Waals surface area contributed by atoms with Gasteiger partial charge in [-0.15, -0.1) is 4.68 Å². The zero-order chi connectivity index (χ0) is 17.1. The maximum atomic E-state index is 12.8. The van der Waals surface area contributed by atoms with Gasteiger partial charge in [-0.05, 0) is 29.8 Å². The van der Waals surface area contributed by atoms with E-state index < -0.39 is 6.04 Å². The van der Waals surface area contributed by atoms with Gasteiger partial charge in [-0.2, -0.15) is 0 Å². The van der Waals surface area contributed by atoms with Crippen LogP contribution < -0.4 is 9.75 Å². The summed E-state index contributed by atoms with van der Waals surface area (Å²) in [6, 6.07) is 16.7. The van der Waals surface area contributed by atoms with Crippen LogP contribution in [0.15, 0.2) is 59.6 Å². The Morgan fingerprint density at radius 2 is 1.92 bits per heavy atom. The fraction of sp³-hybridized carbons (Fsp3) is 0.211. The molecule has 0 radical (unpaired) electrons. The molecule has 0 saturated carbocycles. The van der Waals surface area contributed by atoms with Crippen molar-refractivity contribution in [2.75, 3.05) is 19.2 Å². The number of benzene rings is 2. The van der Waals surface area contributed by atoms with Crippen LogP contribution in [0.1, 0.15) is 12.5 Å². The van der Waals surface area contributed by atoms with Crippen molar-refractivity contribution < 1.29 is 14.2 Å². The first-order valence-electron chi connectivity index (χ1n) is 7.75. The highest BCUT2D eigenvalue weighted by molar-refractivity contribution is 6.15. The molecule has 0 fully saturated rings. The summed E-state index contributed by atoms with van der Waals surface area (Å²) in [6.07, 6.45) is 1.72. The normalized spacial score (nSPS) is 17.9. The number of hydrazine groups is 1. The summed E-state index contributed by atoms with van der Waals surface area (Å²) >= 11 is 0. The van der Waals surface area contributed by atoms with Crippen molar-refractivity contribution in [2.45, 2.75) is 13.0 Å². The highest BCUT2D eigenvalue weighted by Crippen LogP contribution is 2.21. The molecule has 1 atom stereocenters. The Balaban J connectivity index is 1.87. The minimum Gasteiger partial charge on any atom is -0.497 e. The van der Waals surface area contributed by atoms with Crippen molar-refractivity contribution in [3.63, 3.8) is 0 Å². The highest BCUT2D eigenvalue weighted by Gasteiger charge is 2.44. The first-order valence-corrected chi connectivity index (χ1v) is 7.75. The quantitative estimate of drug-likeness (QED) is 0.641. The first-order chi connectivity index (χ1) is 11.6. The van der Waals surface area contributed by atoms with Crippen LogP contribution in [-0.2, 0) is 4.79 Å². The number of nitrogens with zero attached hydrogens (tertiary/aromatic N) is 3. The molecule has 0 aromatic heterocycles. The summed E-state index contributed by atoms with van der Waals surface area (Å²) in [7, 11) is 3.50. The zero-order valence-corrected chi connectivity index (χ0v) is 14.0. The van der Waals surface area contributed by atoms with Crippen LogP contribution in [0.2, 0.25) is 0 Å². The Hall–Kier alpha value is -2.95. The van der Waals surface area contributed by atoms with Gasteiger partial charge >= 0.3 is 5.91 Å². The van der Waals surface area contributed by atoms with Crippen molar-refractivity contribution >= 4 is 23.5 Å². The number of methoxy groups -OCH3 is 1. The summed E-state index contributed by atoms with van der Waals surface area (Å²) in [6.45, 7) is 1.93. The van der Waals surface area contributed by atoms with Crippen molar-refractivity contribution in [1.29, 1.82) is 0 Å².